The SMILES string of the molecule is CC[C@@]1(C(=O)[C@H](O)[C@H](C)O)SCCCS1=O. The number of Topliss-reactive ketones (excluding diaryl/α,β-unsaturated/α-hetero) is 1. The number of aliphatic hydroxyl groups is 2. The van der Waals surface area contributed by atoms with E-state index in [2.05, 4.69) is 0 Å². The van der Waals surface area contributed by atoms with Crippen molar-refractivity contribution in [3.05, 3.63) is 0 Å². The van der Waals surface area contributed by atoms with Crippen LogP contribution in [0.3, 0.4) is 0 Å². The Bertz CT molecular complexity index is 293. The summed E-state index contributed by atoms with van der Waals surface area (Å²) >= 11 is 1.35. The molecule has 1 saturated heterocycles. The zero-order chi connectivity index (χ0) is 12.3. The summed E-state index contributed by atoms with van der Waals surface area (Å²) in [6.07, 6.45) is -1.30. The summed E-state index contributed by atoms with van der Waals surface area (Å²) in [5.41, 5.74) is 0. The molecule has 0 aromatic heterocycles. The average Bonchev–Trinajstić information content (AvgIpc) is 2.28. The van der Waals surface area contributed by atoms with Gasteiger partial charge in [-0.05, 0) is 25.5 Å². The summed E-state index contributed by atoms with van der Waals surface area (Å²) in [5.74, 6) is 0.782. The van der Waals surface area contributed by atoms with Gasteiger partial charge in [-0.15, -0.1) is 11.8 Å². The van der Waals surface area contributed by atoms with Gasteiger partial charge in [0.25, 0.3) is 0 Å². The van der Waals surface area contributed by atoms with Gasteiger partial charge < -0.3 is 10.2 Å². The Kier molecular flexibility index (Phi) is 4.97. The Hall–Kier alpha value is 0.0900. The van der Waals surface area contributed by atoms with Crippen LogP contribution in [0.5, 0.6) is 0 Å². The Balaban J connectivity index is 2.94. The average molecular weight is 266 g/mol. The molecule has 0 aromatic rings. The van der Waals surface area contributed by atoms with E-state index in [4.69, 9.17) is 0 Å². The molecule has 0 saturated carbocycles. The minimum Gasteiger partial charge on any atom is -0.390 e. The zero-order valence-corrected chi connectivity index (χ0v) is 11.1. The molecular formula is C10H18O4S2. The predicted octanol–water partition coefficient (Wildman–Crippen LogP) is 0.289. The molecule has 0 bridgehead atoms. The van der Waals surface area contributed by atoms with Crippen LogP contribution in [-0.4, -0.2) is 48.0 Å². The third kappa shape index (κ3) is 2.50. The first-order valence-corrected chi connectivity index (χ1v) is 7.69. The van der Waals surface area contributed by atoms with Crippen molar-refractivity contribution in [1.82, 2.24) is 0 Å². The molecule has 1 unspecified atom stereocenters. The van der Waals surface area contributed by atoms with Crippen molar-refractivity contribution in [3.8, 4) is 0 Å². The lowest BCUT2D eigenvalue weighted by molar-refractivity contribution is -0.132. The van der Waals surface area contributed by atoms with Crippen LogP contribution in [-0.2, 0) is 15.6 Å². The molecule has 0 spiro atoms. The van der Waals surface area contributed by atoms with E-state index in [1.165, 1.54) is 18.7 Å². The van der Waals surface area contributed by atoms with Crippen molar-refractivity contribution < 1.29 is 19.2 Å². The van der Waals surface area contributed by atoms with Gasteiger partial charge in [-0.2, -0.15) is 0 Å². The van der Waals surface area contributed by atoms with Crippen LogP contribution in [0.2, 0.25) is 0 Å². The van der Waals surface area contributed by atoms with E-state index in [0.717, 1.165) is 12.2 Å². The second kappa shape index (κ2) is 5.62. The molecule has 4 atom stereocenters. The number of rotatable bonds is 4. The van der Waals surface area contributed by atoms with Gasteiger partial charge in [-0.3, -0.25) is 9.00 Å². The van der Waals surface area contributed by atoms with Crippen molar-refractivity contribution >= 4 is 28.3 Å². The van der Waals surface area contributed by atoms with Crippen LogP contribution < -0.4 is 0 Å². The molecule has 1 rings (SSSR count). The molecule has 0 amide bonds. The molecule has 0 aliphatic carbocycles. The minimum atomic E-state index is -1.44. The van der Waals surface area contributed by atoms with E-state index in [-0.39, 0.29) is 0 Å². The molecule has 4 nitrogen and oxygen atoms in total. The topological polar surface area (TPSA) is 74.6 Å². The summed E-state index contributed by atoms with van der Waals surface area (Å²) in [5, 5.41) is 18.9. The highest BCUT2D eigenvalue weighted by molar-refractivity contribution is 8.14. The van der Waals surface area contributed by atoms with E-state index >= 15 is 0 Å². The van der Waals surface area contributed by atoms with Crippen molar-refractivity contribution in [3.63, 3.8) is 0 Å². The minimum absolute atomic E-state index is 0.424. The fourth-order valence-electron chi connectivity index (χ4n) is 1.72. The lowest BCUT2D eigenvalue weighted by atomic mass is 10.1. The van der Waals surface area contributed by atoms with Gasteiger partial charge in [-0.25, -0.2) is 0 Å². The Labute approximate surface area is 102 Å². The van der Waals surface area contributed by atoms with E-state index in [9.17, 15) is 19.2 Å². The van der Waals surface area contributed by atoms with Gasteiger partial charge in [0.05, 0.1) is 6.10 Å². The second-order valence-electron chi connectivity index (χ2n) is 3.91. The largest absolute Gasteiger partial charge is 0.390 e. The summed E-state index contributed by atoms with van der Waals surface area (Å²) in [6, 6.07) is 0. The number of ketones is 1. The highest BCUT2D eigenvalue weighted by atomic mass is 32.2. The number of carbonyl (C=O) groups excluding carboxylic acids is 1. The van der Waals surface area contributed by atoms with Crippen LogP contribution in [0.25, 0.3) is 0 Å². The molecule has 1 aliphatic heterocycles. The van der Waals surface area contributed by atoms with E-state index < -0.39 is 32.9 Å². The number of thioether (sulfide) groups is 1. The monoisotopic (exact) mass is 266 g/mol. The predicted molar refractivity (Wildman–Crippen MR) is 65.8 cm³/mol. The number of aliphatic hydroxyl groups excluding tert-OH is 2. The molecule has 0 aromatic carbocycles. The fourth-order valence-corrected chi connectivity index (χ4v) is 5.42. The maximum Gasteiger partial charge on any atom is 0.192 e. The first kappa shape index (κ1) is 14.2. The van der Waals surface area contributed by atoms with Gasteiger partial charge in [0.2, 0.25) is 0 Å². The fraction of sp³-hybridized carbons (Fsp3) is 0.900. The van der Waals surface area contributed by atoms with Crippen molar-refractivity contribution in [1.29, 1.82) is 0 Å². The number of hydrogen-bond donors (Lipinski definition) is 2. The molecule has 94 valence electrons. The third-order valence-corrected chi connectivity index (χ3v) is 6.99. The van der Waals surface area contributed by atoms with E-state index in [1.807, 2.05) is 0 Å². The number of carbonyl (C=O) groups is 1. The second-order valence-corrected chi connectivity index (χ2v) is 7.36. The number of hydrogen-bond acceptors (Lipinski definition) is 5. The van der Waals surface area contributed by atoms with Crippen LogP contribution in [0.1, 0.15) is 26.7 Å². The van der Waals surface area contributed by atoms with Gasteiger partial charge in [0.1, 0.15) is 6.10 Å². The highest BCUT2D eigenvalue weighted by Gasteiger charge is 2.48. The standard InChI is InChI=1S/C10H18O4S2/c1-3-10(9(13)8(12)7(2)11)15-5-4-6-16(10)14/h7-8,11-12H,3-6H2,1-2H3/t7-,8+,10+,16?/m0/s1. The first-order chi connectivity index (χ1) is 7.45. The maximum atomic E-state index is 12.1. The molecule has 1 fully saturated rings. The zero-order valence-electron chi connectivity index (χ0n) is 9.51. The van der Waals surface area contributed by atoms with Gasteiger partial charge in [0.15, 0.2) is 9.86 Å². The van der Waals surface area contributed by atoms with Gasteiger partial charge in [0, 0.05) is 16.6 Å². The van der Waals surface area contributed by atoms with Crippen LogP contribution in [0.4, 0.5) is 0 Å². The Morgan fingerprint density at radius 2 is 2.19 bits per heavy atom. The summed E-state index contributed by atoms with van der Waals surface area (Å²) in [7, 11) is -1.26. The molecule has 1 heterocycles. The molecule has 16 heavy (non-hydrogen) atoms. The van der Waals surface area contributed by atoms with Gasteiger partial charge >= 0.3 is 0 Å². The van der Waals surface area contributed by atoms with Crippen LogP contribution in [0.15, 0.2) is 0 Å². The van der Waals surface area contributed by atoms with Gasteiger partial charge in [-0.1, -0.05) is 6.92 Å². The highest BCUT2D eigenvalue weighted by Crippen LogP contribution is 2.39. The normalized spacial score (nSPS) is 34.4. The van der Waals surface area contributed by atoms with Crippen molar-refractivity contribution in [2.45, 2.75) is 43.0 Å². The Morgan fingerprint density at radius 1 is 1.56 bits per heavy atom. The molecule has 6 heteroatoms. The summed E-state index contributed by atoms with van der Waals surface area (Å²) < 4.78 is 11.0. The van der Waals surface area contributed by atoms with E-state index in [1.54, 1.807) is 6.92 Å². The van der Waals surface area contributed by atoms with Crippen LogP contribution in [0, 0.1) is 0 Å². The third-order valence-electron chi connectivity index (χ3n) is 2.74. The van der Waals surface area contributed by atoms with Crippen LogP contribution >= 0.6 is 11.8 Å². The van der Waals surface area contributed by atoms with Crippen molar-refractivity contribution in [2.24, 2.45) is 0 Å². The molecule has 1 aliphatic rings. The quantitative estimate of drug-likeness (QED) is 0.765. The lowest BCUT2D eigenvalue weighted by Crippen LogP contribution is -2.51. The maximum absolute atomic E-state index is 12.1. The summed E-state index contributed by atoms with van der Waals surface area (Å²) in [4.78, 5) is 12.1. The molecular weight excluding hydrogens is 248 g/mol. The first-order valence-electron chi connectivity index (χ1n) is 5.38. The van der Waals surface area contributed by atoms with Crippen molar-refractivity contribution in [2.75, 3.05) is 11.5 Å². The molecule has 2 N–H and O–H groups in total. The summed E-state index contributed by atoms with van der Waals surface area (Å²) in [6.45, 7) is 3.16. The van der Waals surface area contributed by atoms with E-state index in [0.29, 0.717) is 12.2 Å². The Morgan fingerprint density at radius 3 is 2.62 bits per heavy atom. The smallest absolute Gasteiger partial charge is 0.192 e. The lowest BCUT2D eigenvalue weighted by Gasteiger charge is -2.35. The molecule has 0 radical (unpaired) electrons.